The molecule has 5 heteroatoms. The van der Waals surface area contributed by atoms with E-state index in [2.05, 4.69) is 34.3 Å². The van der Waals surface area contributed by atoms with Gasteiger partial charge in [0.05, 0.1) is 6.04 Å². The average molecular weight is 262 g/mol. The van der Waals surface area contributed by atoms with Crippen molar-refractivity contribution >= 4 is 11.3 Å². The zero-order valence-corrected chi connectivity index (χ0v) is 11.6. The highest BCUT2D eigenvalue weighted by Crippen LogP contribution is 2.27. The van der Waals surface area contributed by atoms with E-state index < -0.39 is 0 Å². The highest BCUT2D eigenvalue weighted by Gasteiger charge is 2.14. The van der Waals surface area contributed by atoms with Crippen LogP contribution in [0, 0.1) is 0 Å². The molecule has 0 aromatic carbocycles. The molecule has 96 valence electrons. The fraction of sp³-hybridized carbons (Fsp3) is 0.462. The fourth-order valence-corrected chi connectivity index (χ4v) is 2.72. The largest absolute Gasteiger partial charge is 0.308 e. The topological polar surface area (TPSA) is 50.7 Å². The SMILES string of the molecule is CCCNC(CC)c1nnc(-c2ccncc2)s1. The molecule has 2 rings (SSSR count). The van der Waals surface area contributed by atoms with E-state index in [1.165, 1.54) is 0 Å². The van der Waals surface area contributed by atoms with Crippen LogP contribution < -0.4 is 5.32 Å². The summed E-state index contributed by atoms with van der Waals surface area (Å²) >= 11 is 1.66. The van der Waals surface area contributed by atoms with Crippen molar-refractivity contribution < 1.29 is 0 Å². The monoisotopic (exact) mass is 262 g/mol. The number of rotatable bonds is 6. The van der Waals surface area contributed by atoms with Gasteiger partial charge in [-0.15, -0.1) is 10.2 Å². The molecule has 0 bridgehead atoms. The normalized spacial score (nSPS) is 12.6. The Labute approximate surface area is 111 Å². The first-order valence-corrected chi connectivity index (χ1v) is 7.14. The van der Waals surface area contributed by atoms with Gasteiger partial charge in [-0.2, -0.15) is 0 Å². The summed E-state index contributed by atoms with van der Waals surface area (Å²) in [5.74, 6) is 0. The second-order valence-corrected chi connectivity index (χ2v) is 5.11. The Morgan fingerprint density at radius 2 is 2.00 bits per heavy atom. The van der Waals surface area contributed by atoms with Gasteiger partial charge < -0.3 is 5.32 Å². The van der Waals surface area contributed by atoms with E-state index in [-0.39, 0.29) is 0 Å². The molecule has 0 aliphatic carbocycles. The second kappa shape index (κ2) is 6.56. The number of hydrogen-bond acceptors (Lipinski definition) is 5. The maximum absolute atomic E-state index is 4.30. The van der Waals surface area contributed by atoms with Crippen LogP contribution in [0.15, 0.2) is 24.5 Å². The Balaban J connectivity index is 2.14. The summed E-state index contributed by atoms with van der Waals surface area (Å²) in [6.07, 6.45) is 5.73. The lowest BCUT2D eigenvalue weighted by Crippen LogP contribution is -2.21. The van der Waals surface area contributed by atoms with Crippen LogP contribution in [0.1, 0.15) is 37.7 Å². The van der Waals surface area contributed by atoms with Crippen molar-refractivity contribution in [2.45, 2.75) is 32.7 Å². The smallest absolute Gasteiger partial charge is 0.147 e. The summed E-state index contributed by atoms with van der Waals surface area (Å²) in [5, 5.41) is 14.1. The van der Waals surface area contributed by atoms with Crippen molar-refractivity contribution in [1.82, 2.24) is 20.5 Å². The van der Waals surface area contributed by atoms with Crippen LogP contribution in [-0.4, -0.2) is 21.7 Å². The minimum atomic E-state index is 0.318. The van der Waals surface area contributed by atoms with Crippen molar-refractivity contribution in [2.24, 2.45) is 0 Å². The van der Waals surface area contributed by atoms with Gasteiger partial charge in [-0.1, -0.05) is 25.2 Å². The van der Waals surface area contributed by atoms with Crippen LogP contribution in [0.5, 0.6) is 0 Å². The highest BCUT2D eigenvalue weighted by molar-refractivity contribution is 7.14. The molecule has 0 fully saturated rings. The van der Waals surface area contributed by atoms with Crippen molar-refractivity contribution in [1.29, 1.82) is 0 Å². The van der Waals surface area contributed by atoms with Crippen LogP contribution in [-0.2, 0) is 0 Å². The van der Waals surface area contributed by atoms with Crippen molar-refractivity contribution in [3.8, 4) is 10.6 Å². The number of pyridine rings is 1. The van der Waals surface area contributed by atoms with Gasteiger partial charge >= 0.3 is 0 Å². The third-order valence-electron chi connectivity index (χ3n) is 2.71. The summed E-state index contributed by atoms with van der Waals surface area (Å²) in [6.45, 7) is 5.35. The molecule has 2 heterocycles. The van der Waals surface area contributed by atoms with Crippen LogP contribution in [0.2, 0.25) is 0 Å². The van der Waals surface area contributed by atoms with E-state index in [4.69, 9.17) is 0 Å². The standard InChI is InChI=1S/C13H18N4S/c1-3-7-15-11(4-2)13-17-16-12(18-13)10-5-8-14-9-6-10/h5-6,8-9,11,15H,3-4,7H2,1-2H3. The number of hydrogen-bond donors (Lipinski definition) is 1. The Bertz CT molecular complexity index is 469. The molecule has 18 heavy (non-hydrogen) atoms. The van der Waals surface area contributed by atoms with Crippen molar-refractivity contribution in [2.75, 3.05) is 6.54 Å². The molecule has 4 nitrogen and oxygen atoms in total. The van der Waals surface area contributed by atoms with E-state index in [9.17, 15) is 0 Å². The molecular weight excluding hydrogens is 244 g/mol. The molecule has 0 aliphatic rings. The number of aromatic nitrogens is 3. The lowest BCUT2D eigenvalue weighted by molar-refractivity contribution is 0.513. The Morgan fingerprint density at radius 3 is 2.67 bits per heavy atom. The average Bonchev–Trinajstić information content (AvgIpc) is 2.90. The molecule has 0 saturated heterocycles. The highest BCUT2D eigenvalue weighted by atomic mass is 32.1. The van der Waals surface area contributed by atoms with Crippen molar-refractivity contribution in [3.05, 3.63) is 29.5 Å². The van der Waals surface area contributed by atoms with Gasteiger partial charge in [0.25, 0.3) is 0 Å². The van der Waals surface area contributed by atoms with Gasteiger partial charge in [-0.25, -0.2) is 0 Å². The molecule has 1 N–H and O–H groups in total. The maximum atomic E-state index is 4.30. The first-order valence-electron chi connectivity index (χ1n) is 6.32. The maximum Gasteiger partial charge on any atom is 0.147 e. The fourth-order valence-electron chi connectivity index (χ4n) is 1.71. The minimum Gasteiger partial charge on any atom is -0.308 e. The Kier molecular flexibility index (Phi) is 4.78. The van der Waals surface area contributed by atoms with Gasteiger partial charge in [0.2, 0.25) is 0 Å². The minimum absolute atomic E-state index is 0.318. The summed E-state index contributed by atoms with van der Waals surface area (Å²) in [5.41, 5.74) is 1.08. The van der Waals surface area contributed by atoms with Gasteiger partial charge in [-0.3, -0.25) is 4.98 Å². The van der Waals surface area contributed by atoms with E-state index in [1.54, 1.807) is 23.7 Å². The summed E-state index contributed by atoms with van der Waals surface area (Å²) in [6, 6.07) is 4.24. The molecule has 1 unspecified atom stereocenters. The van der Waals surface area contributed by atoms with Crippen LogP contribution in [0.3, 0.4) is 0 Å². The summed E-state index contributed by atoms with van der Waals surface area (Å²) < 4.78 is 0. The molecule has 0 spiro atoms. The summed E-state index contributed by atoms with van der Waals surface area (Å²) in [4.78, 5) is 4.01. The van der Waals surface area contributed by atoms with E-state index >= 15 is 0 Å². The van der Waals surface area contributed by atoms with E-state index in [0.29, 0.717) is 6.04 Å². The third kappa shape index (κ3) is 3.11. The lowest BCUT2D eigenvalue weighted by Gasteiger charge is -2.12. The first kappa shape index (κ1) is 13.1. The van der Waals surface area contributed by atoms with Crippen LogP contribution in [0.4, 0.5) is 0 Å². The van der Waals surface area contributed by atoms with Crippen molar-refractivity contribution in [3.63, 3.8) is 0 Å². The van der Waals surface area contributed by atoms with Crippen LogP contribution in [0.25, 0.3) is 10.6 Å². The Morgan fingerprint density at radius 1 is 1.22 bits per heavy atom. The molecule has 2 aromatic heterocycles. The quantitative estimate of drug-likeness (QED) is 0.869. The van der Waals surface area contributed by atoms with Crippen LogP contribution >= 0.6 is 11.3 Å². The lowest BCUT2D eigenvalue weighted by atomic mass is 10.2. The van der Waals surface area contributed by atoms with E-state index in [1.807, 2.05) is 12.1 Å². The van der Waals surface area contributed by atoms with E-state index in [0.717, 1.165) is 35.0 Å². The molecule has 0 amide bonds. The Hall–Kier alpha value is -1.33. The molecular formula is C13H18N4S. The van der Waals surface area contributed by atoms with Gasteiger partial charge in [0.1, 0.15) is 10.0 Å². The zero-order valence-electron chi connectivity index (χ0n) is 10.8. The summed E-state index contributed by atoms with van der Waals surface area (Å²) in [7, 11) is 0. The predicted octanol–water partition coefficient (Wildman–Crippen LogP) is 3.05. The third-order valence-corrected chi connectivity index (χ3v) is 3.80. The molecule has 2 aromatic rings. The molecule has 0 radical (unpaired) electrons. The molecule has 1 atom stereocenters. The van der Waals surface area contributed by atoms with Gasteiger partial charge in [0.15, 0.2) is 0 Å². The predicted molar refractivity (Wildman–Crippen MR) is 74.5 cm³/mol. The first-order chi connectivity index (χ1) is 8.85. The number of nitrogens with zero attached hydrogens (tertiary/aromatic N) is 3. The number of nitrogens with one attached hydrogen (secondary N) is 1. The van der Waals surface area contributed by atoms with Gasteiger partial charge in [0, 0.05) is 18.0 Å². The van der Waals surface area contributed by atoms with Gasteiger partial charge in [-0.05, 0) is 31.5 Å². The zero-order chi connectivity index (χ0) is 12.8. The molecule has 0 saturated carbocycles. The molecule has 0 aliphatic heterocycles. The second-order valence-electron chi connectivity index (χ2n) is 4.10.